The van der Waals surface area contributed by atoms with Crippen molar-refractivity contribution in [3.8, 4) is 5.75 Å². The SMILES string of the molecule is O=C(Oc1ccc(S(=O)(=O)O)cc1)C1CCCCCCCCCCCCCCCCCCC1. The van der Waals surface area contributed by atoms with Crippen LogP contribution in [0, 0.1) is 5.92 Å². The minimum Gasteiger partial charge on any atom is -0.426 e. The maximum absolute atomic E-state index is 12.9. The molecule has 5 nitrogen and oxygen atoms in total. The van der Waals surface area contributed by atoms with Crippen molar-refractivity contribution < 1.29 is 22.5 Å². The molecule has 0 saturated heterocycles. The van der Waals surface area contributed by atoms with Crippen molar-refractivity contribution in [2.24, 2.45) is 5.92 Å². The molecule has 0 spiro atoms. The van der Waals surface area contributed by atoms with Crippen LogP contribution in [0.15, 0.2) is 29.2 Å². The number of hydrogen-bond donors (Lipinski definition) is 1. The summed E-state index contributed by atoms with van der Waals surface area (Å²) in [4.78, 5) is 12.7. The highest BCUT2D eigenvalue weighted by Gasteiger charge is 2.20. The molecule has 1 fully saturated rings. The highest BCUT2D eigenvalue weighted by Crippen LogP contribution is 2.24. The van der Waals surface area contributed by atoms with E-state index in [-0.39, 0.29) is 16.8 Å². The van der Waals surface area contributed by atoms with Crippen LogP contribution in [0.5, 0.6) is 5.75 Å². The van der Waals surface area contributed by atoms with E-state index in [1.807, 2.05) is 0 Å². The number of rotatable bonds is 3. The van der Waals surface area contributed by atoms with Crippen molar-refractivity contribution in [1.82, 2.24) is 0 Å². The van der Waals surface area contributed by atoms with Gasteiger partial charge < -0.3 is 4.74 Å². The Morgan fingerprint density at radius 3 is 1.30 bits per heavy atom. The van der Waals surface area contributed by atoms with Crippen molar-refractivity contribution in [3.05, 3.63) is 24.3 Å². The summed E-state index contributed by atoms with van der Waals surface area (Å²) in [6, 6.07) is 5.36. The molecule has 0 atom stereocenters. The Hall–Kier alpha value is -1.40. The van der Waals surface area contributed by atoms with Crippen molar-refractivity contribution in [2.75, 3.05) is 0 Å². The topological polar surface area (TPSA) is 80.7 Å². The summed E-state index contributed by atoms with van der Waals surface area (Å²) < 4.78 is 37.1. The van der Waals surface area contributed by atoms with E-state index in [0.29, 0.717) is 5.75 Å². The second-order valence-corrected chi connectivity index (χ2v) is 11.1. The minimum absolute atomic E-state index is 0.114. The third-order valence-electron chi connectivity index (χ3n) is 6.78. The van der Waals surface area contributed by atoms with Gasteiger partial charge in [0.1, 0.15) is 5.75 Å². The molecular formula is C27H44O5S. The molecule has 0 aromatic heterocycles. The van der Waals surface area contributed by atoms with Crippen molar-refractivity contribution in [3.63, 3.8) is 0 Å². The van der Waals surface area contributed by atoms with E-state index in [2.05, 4.69) is 0 Å². The normalized spacial score (nSPS) is 20.0. The first-order chi connectivity index (χ1) is 16.0. The van der Waals surface area contributed by atoms with Crippen LogP contribution in [0.1, 0.15) is 122 Å². The lowest BCUT2D eigenvalue weighted by atomic mass is 9.94. The Kier molecular flexibility index (Phi) is 13.7. The van der Waals surface area contributed by atoms with Crippen LogP contribution in [0.2, 0.25) is 0 Å². The van der Waals surface area contributed by atoms with Crippen LogP contribution >= 0.6 is 0 Å². The van der Waals surface area contributed by atoms with E-state index < -0.39 is 10.1 Å². The fourth-order valence-corrected chi connectivity index (χ4v) is 5.17. The molecule has 0 radical (unpaired) electrons. The van der Waals surface area contributed by atoms with E-state index in [4.69, 9.17) is 9.29 Å². The predicted molar refractivity (Wildman–Crippen MR) is 133 cm³/mol. The Morgan fingerprint density at radius 2 is 0.970 bits per heavy atom. The van der Waals surface area contributed by atoms with Crippen molar-refractivity contribution >= 4 is 16.1 Å². The van der Waals surface area contributed by atoms with E-state index >= 15 is 0 Å². The zero-order valence-corrected chi connectivity index (χ0v) is 21.1. The molecule has 188 valence electrons. The Labute approximate surface area is 201 Å². The van der Waals surface area contributed by atoms with Gasteiger partial charge in [-0.1, -0.05) is 109 Å². The Morgan fingerprint density at radius 1 is 0.636 bits per heavy atom. The maximum atomic E-state index is 12.9. The smallest absolute Gasteiger partial charge is 0.314 e. The fraction of sp³-hybridized carbons (Fsp3) is 0.741. The van der Waals surface area contributed by atoms with Gasteiger partial charge in [-0.25, -0.2) is 0 Å². The molecule has 33 heavy (non-hydrogen) atoms. The van der Waals surface area contributed by atoms with Crippen LogP contribution in [0.25, 0.3) is 0 Å². The van der Waals surface area contributed by atoms with Gasteiger partial charge in [-0.2, -0.15) is 8.42 Å². The lowest BCUT2D eigenvalue weighted by molar-refractivity contribution is -0.139. The van der Waals surface area contributed by atoms with E-state index in [0.717, 1.165) is 38.5 Å². The van der Waals surface area contributed by atoms with Crippen molar-refractivity contribution in [2.45, 2.75) is 127 Å². The molecule has 2 rings (SSSR count). The highest BCUT2D eigenvalue weighted by molar-refractivity contribution is 7.85. The van der Waals surface area contributed by atoms with Crippen LogP contribution in [0.4, 0.5) is 0 Å². The molecular weight excluding hydrogens is 436 g/mol. The second-order valence-electron chi connectivity index (χ2n) is 9.65. The van der Waals surface area contributed by atoms with Crippen LogP contribution in [-0.4, -0.2) is 18.9 Å². The van der Waals surface area contributed by atoms with Crippen molar-refractivity contribution in [1.29, 1.82) is 0 Å². The quantitative estimate of drug-likeness (QED) is 0.270. The van der Waals surface area contributed by atoms with Gasteiger partial charge in [-0.3, -0.25) is 9.35 Å². The minimum atomic E-state index is -4.25. The number of carbonyl (C=O) groups is 1. The lowest BCUT2D eigenvalue weighted by Crippen LogP contribution is -2.21. The fourth-order valence-electron chi connectivity index (χ4n) is 4.69. The van der Waals surface area contributed by atoms with Gasteiger partial charge in [0, 0.05) is 0 Å². The van der Waals surface area contributed by atoms with E-state index in [9.17, 15) is 13.2 Å². The Balaban J connectivity index is 1.85. The summed E-state index contributed by atoms with van der Waals surface area (Å²) in [7, 11) is -4.25. The predicted octanol–water partition coefficient (Wildman–Crippen LogP) is 7.88. The summed E-state index contributed by atoms with van der Waals surface area (Å²) in [5, 5.41) is 0. The Bertz CT molecular complexity index is 737. The van der Waals surface area contributed by atoms with Gasteiger partial charge in [0.2, 0.25) is 0 Å². The zero-order chi connectivity index (χ0) is 23.8. The number of carbonyl (C=O) groups excluding carboxylic acids is 1. The molecule has 0 aliphatic heterocycles. The third-order valence-corrected chi connectivity index (χ3v) is 7.65. The van der Waals surface area contributed by atoms with E-state index in [1.165, 1.54) is 108 Å². The van der Waals surface area contributed by atoms with E-state index in [1.54, 1.807) is 0 Å². The molecule has 1 aromatic rings. The summed E-state index contributed by atoms with van der Waals surface area (Å²) in [6.07, 6.45) is 23.4. The number of hydrogen-bond acceptors (Lipinski definition) is 4. The van der Waals surface area contributed by atoms with Gasteiger partial charge in [0.25, 0.3) is 10.1 Å². The largest absolute Gasteiger partial charge is 0.426 e. The highest BCUT2D eigenvalue weighted by atomic mass is 32.2. The van der Waals surface area contributed by atoms with Crippen LogP contribution < -0.4 is 4.74 Å². The number of benzene rings is 1. The zero-order valence-electron chi connectivity index (χ0n) is 20.3. The lowest BCUT2D eigenvalue weighted by Gasteiger charge is -2.16. The first-order valence-electron chi connectivity index (χ1n) is 13.3. The average molecular weight is 481 g/mol. The second kappa shape index (κ2) is 16.3. The van der Waals surface area contributed by atoms with Gasteiger partial charge in [-0.05, 0) is 37.1 Å². The monoisotopic (exact) mass is 480 g/mol. The van der Waals surface area contributed by atoms with Crippen LogP contribution in [0.3, 0.4) is 0 Å². The summed E-state index contributed by atoms with van der Waals surface area (Å²) >= 11 is 0. The molecule has 1 aliphatic rings. The third kappa shape index (κ3) is 12.6. The number of ether oxygens (including phenoxy) is 1. The van der Waals surface area contributed by atoms with Gasteiger partial charge >= 0.3 is 5.97 Å². The van der Waals surface area contributed by atoms with Crippen LogP contribution in [-0.2, 0) is 14.9 Å². The average Bonchev–Trinajstić information content (AvgIpc) is 2.78. The summed E-state index contributed by atoms with van der Waals surface area (Å²) in [5.41, 5.74) is 0. The molecule has 1 N–H and O–H groups in total. The summed E-state index contributed by atoms with van der Waals surface area (Å²) in [5.74, 6) is -0.0209. The van der Waals surface area contributed by atoms with Gasteiger partial charge in [0.15, 0.2) is 0 Å². The molecule has 0 amide bonds. The molecule has 6 heteroatoms. The first-order valence-corrected chi connectivity index (χ1v) is 14.7. The molecule has 1 aromatic carbocycles. The summed E-state index contributed by atoms with van der Waals surface area (Å²) in [6.45, 7) is 0. The first kappa shape index (κ1) is 27.8. The molecule has 0 heterocycles. The van der Waals surface area contributed by atoms with Gasteiger partial charge in [-0.15, -0.1) is 0 Å². The molecule has 0 bridgehead atoms. The molecule has 0 unspecified atom stereocenters. The molecule has 1 aliphatic carbocycles. The van der Waals surface area contributed by atoms with Gasteiger partial charge in [0.05, 0.1) is 10.8 Å². The molecule has 1 saturated carbocycles. The standard InChI is InChI=1S/C27H44O5S/c28-27(32-25-20-22-26(23-21-25)33(29,30)31)24-18-16-14-12-10-8-6-4-2-1-3-5-7-9-11-13-15-17-19-24/h20-24H,1-19H2,(H,29,30,31). The number of esters is 1. The maximum Gasteiger partial charge on any atom is 0.314 e.